The van der Waals surface area contributed by atoms with E-state index in [0.717, 1.165) is 17.4 Å². The minimum absolute atomic E-state index is 0.284. The molecular formula is C18H12F3N7OS. The molecule has 0 bridgehead atoms. The van der Waals surface area contributed by atoms with E-state index < -0.39 is 23.7 Å². The van der Waals surface area contributed by atoms with Crippen LogP contribution >= 0.6 is 11.3 Å². The zero-order chi connectivity index (χ0) is 22.1. The maximum atomic E-state index is 13.1. The van der Waals surface area contributed by atoms with Gasteiger partial charge in [-0.15, -0.1) is 5.10 Å². The Balaban J connectivity index is 1.91. The van der Waals surface area contributed by atoms with Crippen molar-refractivity contribution < 1.29 is 18.0 Å². The zero-order valence-electron chi connectivity index (χ0n) is 15.5. The molecule has 3 rings (SSSR count). The van der Waals surface area contributed by atoms with Gasteiger partial charge < -0.3 is 5.32 Å². The number of nitrogens with zero attached hydrogens (tertiary/aromatic N) is 6. The lowest BCUT2D eigenvalue weighted by molar-refractivity contribution is -0.137. The van der Waals surface area contributed by atoms with Gasteiger partial charge in [-0.3, -0.25) is 4.79 Å². The van der Waals surface area contributed by atoms with E-state index in [9.17, 15) is 18.0 Å². The summed E-state index contributed by atoms with van der Waals surface area (Å²) in [5.41, 5.74) is -1.68. The van der Waals surface area contributed by atoms with Crippen molar-refractivity contribution in [2.24, 2.45) is 0 Å². The lowest BCUT2D eigenvalue weighted by atomic mass is 10.0. The smallest absolute Gasteiger partial charge is 0.342 e. The molecule has 0 aliphatic heterocycles. The van der Waals surface area contributed by atoms with E-state index in [-0.39, 0.29) is 17.0 Å². The number of halogens is 3. The number of carbonyl (C=O) groups excluding carboxylic acids is 1. The van der Waals surface area contributed by atoms with Gasteiger partial charge in [0.1, 0.15) is 16.8 Å². The van der Waals surface area contributed by atoms with Crippen molar-refractivity contribution in [1.29, 1.82) is 10.5 Å². The fraction of sp³-hybridized carbons (Fsp3) is 0.222. The highest BCUT2D eigenvalue weighted by Crippen LogP contribution is 2.31. The number of carbonyl (C=O) groups is 1. The molecule has 30 heavy (non-hydrogen) atoms. The molecule has 1 atom stereocenters. The van der Waals surface area contributed by atoms with Crippen LogP contribution in [0.1, 0.15) is 51.0 Å². The first kappa shape index (κ1) is 21.0. The van der Waals surface area contributed by atoms with Crippen LogP contribution in [0.3, 0.4) is 0 Å². The van der Waals surface area contributed by atoms with Crippen LogP contribution in [0.25, 0.3) is 5.13 Å². The molecule has 0 aliphatic carbocycles. The minimum atomic E-state index is -4.70. The summed E-state index contributed by atoms with van der Waals surface area (Å²) in [6.45, 7) is 3.20. The number of hydrogen-bond donors (Lipinski definition) is 1. The Bertz CT molecular complexity index is 1200. The van der Waals surface area contributed by atoms with Gasteiger partial charge >= 0.3 is 6.18 Å². The number of nitriles is 2. The molecule has 8 nitrogen and oxygen atoms in total. The van der Waals surface area contributed by atoms with Gasteiger partial charge in [0.05, 0.1) is 29.4 Å². The Hall–Kier alpha value is -3.77. The second-order valence-corrected chi connectivity index (χ2v) is 7.16. The molecule has 0 radical (unpaired) electrons. The van der Waals surface area contributed by atoms with Crippen LogP contribution in [0.15, 0.2) is 24.4 Å². The van der Waals surface area contributed by atoms with E-state index in [1.807, 2.05) is 6.07 Å². The number of hydrogen-bond acceptors (Lipinski definition) is 7. The highest BCUT2D eigenvalue weighted by Gasteiger charge is 2.32. The van der Waals surface area contributed by atoms with Crippen molar-refractivity contribution in [2.75, 3.05) is 0 Å². The molecule has 1 N–H and O–H groups in total. The Labute approximate surface area is 172 Å². The summed E-state index contributed by atoms with van der Waals surface area (Å²) in [7, 11) is 0. The fourth-order valence-corrected chi connectivity index (χ4v) is 3.27. The van der Waals surface area contributed by atoms with Gasteiger partial charge in [0.2, 0.25) is 5.13 Å². The number of alkyl halides is 3. The van der Waals surface area contributed by atoms with Crippen molar-refractivity contribution >= 4 is 17.2 Å². The highest BCUT2D eigenvalue weighted by molar-refractivity contribution is 7.14. The van der Waals surface area contributed by atoms with Gasteiger partial charge in [0, 0.05) is 5.56 Å². The van der Waals surface area contributed by atoms with Crippen LogP contribution < -0.4 is 5.32 Å². The van der Waals surface area contributed by atoms with Crippen LogP contribution in [-0.2, 0) is 6.18 Å². The molecule has 12 heteroatoms. The van der Waals surface area contributed by atoms with Crippen molar-refractivity contribution in [1.82, 2.24) is 25.1 Å². The van der Waals surface area contributed by atoms with Crippen LogP contribution in [0, 0.1) is 29.6 Å². The third-order valence-corrected chi connectivity index (χ3v) is 4.79. The van der Waals surface area contributed by atoms with Crippen LogP contribution in [0.5, 0.6) is 0 Å². The Morgan fingerprint density at radius 3 is 2.60 bits per heavy atom. The van der Waals surface area contributed by atoms with Crippen LogP contribution in [-0.4, -0.2) is 25.7 Å². The summed E-state index contributed by atoms with van der Waals surface area (Å²) < 4.78 is 40.5. The lowest BCUT2D eigenvalue weighted by Crippen LogP contribution is -2.29. The molecule has 152 valence electrons. The molecule has 3 aromatic rings. The number of rotatable bonds is 4. The maximum absolute atomic E-state index is 13.1. The Kier molecular flexibility index (Phi) is 5.54. The quantitative estimate of drug-likeness (QED) is 0.677. The average molecular weight is 431 g/mol. The normalized spacial score (nSPS) is 12.1. The molecule has 0 fully saturated rings. The molecule has 1 amide bonds. The number of nitrogens with one attached hydrogen (secondary N) is 1. The SMILES string of the molecule is Cc1nc([C@H](C)NC(=O)c2cc(C#N)cc(C(F)(F)F)c2)n(-c2ncc(C#N)s2)n1. The van der Waals surface area contributed by atoms with Crippen LogP contribution in [0.4, 0.5) is 13.2 Å². The van der Waals surface area contributed by atoms with Crippen molar-refractivity contribution in [3.8, 4) is 17.3 Å². The lowest BCUT2D eigenvalue weighted by Gasteiger charge is -2.15. The molecule has 0 unspecified atom stereocenters. The molecule has 1 aromatic carbocycles. The first-order valence-corrected chi connectivity index (χ1v) is 9.17. The molecule has 2 heterocycles. The van der Waals surface area contributed by atoms with E-state index in [1.54, 1.807) is 19.9 Å². The summed E-state index contributed by atoms with van der Waals surface area (Å²) in [5.74, 6) is -0.146. The summed E-state index contributed by atoms with van der Waals surface area (Å²) in [4.78, 5) is 21.3. The van der Waals surface area contributed by atoms with E-state index in [1.165, 1.54) is 10.9 Å². The van der Waals surface area contributed by atoms with Gasteiger partial charge in [0.15, 0.2) is 5.82 Å². The third kappa shape index (κ3) is 4.29. The van der Waals surface area contributed by atoms with Crippen LogP contribution in [0.2, 0.25) is 0 Å². The monoisotopic (exact) mass is 431 g/mol. The van der Waals surface area contributed by atoms with E-state index in [4.69, 9.17) is 10.5 Å². The molecule has 0 saturated heterocycles. The van der Waals surface area contributed by atoms with Gasteiger partial charge in [-0.25, -0.2) is 9.97 Å². The van der Waals surface area contributed by atoms with Gasteiger partial charge in [-0.1, -0.05) is 11.3 Å². The van der Waals surface area contributed by atoms with Crippen molar-refractivity contribution in [3.05, 3.63) is 57.6 Å². The summed E-state index contributed by atoms with van der Waals surface area (Å²) in [6, 6.07) is 5.26. The Morgan fingerprint density at radius 1 is 1.27 bits per heavy atom. The zero-order valence-corrected chi connectivity index (χ0v) is 16.3. The molecular weight excluding hydrogens is 419 g/mol. The predicted octanol–water partition coefficient (Wildman–Crippen LogP) is 3.29. The second-order valence-electron chi connectivity index (χ2n) is 6.15. The first-order valence-electron chi connectivity index (χ1n) is 8.35. The standard InChI is InChI=1S/C18H12F3N7OS/c1-9(15-26-10(2)27-28(15)17-24-8-14(7-23)30-17)25-16(29)12-3-11(6-22)4-13(5-12)18(19,20)21/h3-5,8-9H,1-2H3,(H,25,29)/t9-/m0/s1. The first-order chi connectivity index (χ1) is 14.1. The number of amides is 1. The largest absolute Gasteiger partial charge is 0.416 e. The fourth-order valence-electron chi connectivity index (χ4n) is 2.60. The molecule has 2 aromatic heterocycles. The average Bonchev–Trinajstić information content (AvgIpc) is 3.33. The van der Waals surface area contributed by atoms with E-state index in [2.05, 4.69) is 20.4 Å². The summed E-state index contributed by atoms with van der Waals surface area (Å²) in [5, 5.41) is 25.1. The number of benzene rings is 1. The van der Waals surface area contributed by atoms with E-state index >= 15 is 0 Å². The van der Waals surface area contributed by atoms with Crippen molar-refractivity contribution in [2.45, 2.75) is 26.1 Å². The highest BCUT2D eigenvalue weighted by atomic mass is 32.1. The number of thiazole rings is 1. The van der Waals surface area contributed by atoms with Gasteiger partial charge in [-0.2, -0.15) is 28.4 Å². The maximum Gasteiger partial charge on any atom is 0.416 e. The summed E-state index contributed by atoms with van der Waals surface area (Å²) in [6.07, 6.45) is -3.33. The second kappa shape index (κ2) is 7.93. The number of aromatic nitrogens is 4. The summed E-state index contributed by atoms with van der Waals surface area (Å²) >= 11 is 1.07. The van der Waals surface area contributed by atoms with Gasteiger partial charge in [-0.05, 0) is 32.0 Å². The number of aryl methyl sites for hydroxylation is 1. The molecule has 0 spiro atoms. The van der Waals surface area contributed by atoms with Crippen molar-refractivity contribution in [3.63, 3.8) is 0 Å². The van der Waals surface area contributed by atoms with Gasteiger partial charge in [0.25, 0.3) is 5.91 Å². The Morgan fingerprint density at radius 2 is 2.00 bits per heavy atom. The minimum Gasteiger partial charge on any atom is -0.342 e. The molecule has 0 aliphatic rings. The topological polar surface area (TPSA) is 120 Å². The molecule has 0 saturated carbocycles. The predicted molar refractivity (Wildman–Crippen MR) is 98.5 cm³/mol. The third-order valence-electron chi connectivity index (χ3n) is 3.91. The van der Waals surface area contributed by atoms with E-state index in [0.29, 0.717) is 28.0 Å².